The Morgan fingerprint density at radius 1 is 0.765 bits per heavy atom. The molecule has 5 aromatic rings. The van der Waals surface area contributed by atoms with Gasteiger partial charge in [0.15, 0.2) is 0 Å². The highest BCUT2D eigenvalue weighted by Gasteiger charge is 2.45. The Bertz CT molecular complexity index is 1570. The summed E-state index contributed by atoms with van der Waals surface area (Å²) in [6.07, 6.45) is 0.965. The van der Waals surface area contributed by atoms with Gasteiger partial charge >= 0.3 is 5.97 Å². The minimum Gasteiger partial charge on any atom is -0.478 e. The molecule has 5 aromatic carbocycles. The molecule has 0 aromatic heterocycles. The van der Waals surface area contributed by atoms with E-state index in [2.05, 4.69) is 90.2 Å². The second kappa shape index (κ2) is 7.19. The smallest absolute Gasteiger partial charge is 0.337 e. The number of aromatic carboxylic acids is 1. The van der Waals surface area contributed by atoms with Crippen LogP contribution in [-0.4, -0.2) is 11.1 Å². The fraction of sp³-hybridized carbons (Fsp3) is 0.129. The highest BCUT2D eigenvalue weighted by molar-refractivity contribution is 6.03. The van der Waals surface area contributed by atoms with Gasteiger partial charge < -0.3 is 10.4 Å². The quantitative estimate of drug-likeness (QED) is 0.286. The molecule has 2 N–H and O–H groups in total. The third-order valence-electron chi connectivity index (χ3n) is 7.79. The highest BCUT2D eigenvalue weighted by atomic mass is 16.4. The molecule has 3 heteroatoms. The maximum absolute atomic E-state index is 12.2. The van der Waals surface area contributed by atoms with E-state index in [-0.39, 0.29) is 12.0 Å². The lowest BCUT2D eigenvalue weighted by atomic mass is 9.73. The molecule has 0 unspecified atom stereocenters. The molecule has 0 radical (unpaired) electrons. The number of hydrogen-bond donors (Lipinski definition) is 2. The standard InChI is InChI=1S/C31H23NO2/c33-31(34)25-15-7-14-24-27-21-11-4-3-10-20(21)17-26(27)30(32-29(24)25)28-22-12-5-1-8-18(22)16-19-9-2-6-13-23(19)28/h1-16,26-27,30,32H,17H2,(H,33,34)/t26-,27-,30+/m1/s1. The van der Waals surface area contributed by atoms with Crippen LogP contribution in [0.4, 0.5) is 5.69 Å². The van der Waals surface area contributed by atoms with Crippen molar-refractivity contribution in [1.29, 1.82) is 0 Å². The van der Waals surface area contributed by atoms with Crippen LogP contribution in [0.1, 0.15) is 44.6 Å². The molecule has 3 nitrogen and oxygen atoms in total. The van der Waals surface area contributed by atoms with Crippen LogP contribution in [0.25, 0.3) is 21.5 Å². The van der Waals surface area contributed by atoms with Crippen molar-refractivity contribution in [1.82, 2.24) is 0 Å². The van der Waals surface area contributed by atoms with E-state index in [1.807, 2.05) is 6.07 Å². The van der Waals surface area contributed by atoms with Crippen molar-refractivity contribution < 1.29 is 9.90 Å². The monoisotopic (exact) mass is 441 g/mol. The lowest BCUT2D eigenvalue weighted by Crippen LogP contribution is -2.31. The fourth-order valence-corrected chi connectivity index (χ4v) is 6.44. The molecule has 1 aliphatic heterocycles. The summed E-state index contributed by atoms with van der Waals surface area (Å²) in [7, 11) is 0. The van der Waals surface area contributed by atoms with Gasteiger partial charge in [0.05, 0.1) is 17.3 Å². The number of carbonyl (C=O) groups is 1. The average Bonchev–Trinajstić information content (AvgIpc) is 3.26. The third kappa shape index (κ3) is 2.67. The van der Waals surface area contributed by atoms with Crippen LogP contribution in [0.15, 0.2) is 97.1 Å². The van der Waals surface area contributed by atoms with Gasteiger partial charge in [-0.15, -0.1) is 0 Å². The van der Waals surface area contributed by atoms with E-state index in [1.54, 1.807) is 6.07 Å². The van der Waals surface area contributed by atoms with Crippen molar-refractivity contribution >= 4 is 33.2 Å². The Kier molecular flexibility index (Phi) is 4.10. The third-order valence-corrected chi connectivity index (χ3v) is 7.79. The first-order chi connectivity index (χ1) is 16.7. The van der Waals surface area contributed by atoms with Gasteiger partial charge in [-0.05, 0) is 68.3 Å². The highest BCUT2D eigenvalue weighted by Crippen LogP contribution is 2.55. The fourth-order valence-electron chi connectivity index (χ4n) is 6.44. The topological polar surface area (TPSA) is 49.3 Å². The van der Waals surface area contributed by atoms with Gasteiger partial charge in [0.25, 0.3) is 0 Å². The summed E-state index contributed by atoms with van der Waals surface area (Å²) >= 11 is 0. The molecular weight excluding hydrogens is 418 g/mol. The zero-order valence-electron chi connectivity index (χ0n) is 18.5. The van der Waals surface area contributed by atoms with Gasteiger partial charge in [-0.2, -0.15) is 0 Å². The lowest BCUT2D eigenvalue weighted by molar-refractivity contribution is 0.0697. The molecule has 0 spiro atoms. The summed E-state index contributed by atoms with van der Waals surface area (Å²) in [5.41, 5.74) is 6.15. The second-order valence-electron chi connectivity index (χ2n) is 9.47. The van der Waals surface area contributed by atoms with Crippen molar-refractivity contribution in [2.24, 2.45) is 5.92 Å². The number of carboxylic acid groups (broad SMARTS) is 1. The van der Waals surface area contributed by atoms with Crippen LogP contribution in [0.2, 0.25) is 0 Å². The summed E-state index contributed by atoms with van der Waals surface area (Å²) < 4.78 is 0. The van der Waals surface area contributed by atoms with Crippen molar-refractivity contribution in [2.45, 2.75) is 18.4 Å². The number of rotatable bonds is 2. The van der Waals surface area contributed by atoms with E-state index < -0.39 is 5.97 Å². The maximum atomic E-state index is 12.2. The molecule has 34 heavy (non-hydrogen) atoms. The predicted octanol–water partition coefficient (Wildman–Crippen LogP) is 7.16. The number of fused-ring (bicyclic) bond motifs is 7. The van der Waals surface area contributed by atoms with Crippen LogP contribution in [0.3, 0.4) is 0 Å². The number of hydrogen-bond acceptors (Lipinski definition) is 2. The van der Waals surface area contributed by atoms with Crippen LogP contribution >= 0.6 is 0 Å². The maximum Gasteiger partial charge on any atom is 0.337 e. The molecule has 0 bridgehead atoms. The van der Waals surface area contributed by atoms with Crippen molar-refractivity contribution in [3.8, 4) is 0 Å². The molecular formula is C31H23NO2. The number of benzene rings is 5. The molecule has 164 valence electrons. The van der Waals surface area contributed by atoms with Gasteiger partial charge in [0.2, 0.25) is 0 Å². The average molecular weight is 442 g/mol. The van der Waals surface area contributed by atoms with Gasteiger partial charge in [-0.3, -0.25) is 0 Å². The van der Waals surface area contributed by atoms with Crippen molar-refractivity contribution in [3.05, 3.63) is 125 Å². The molecule has 1 aliphatic carbocycles. The van der Waals surface area contributed by atoms with Crippen molar-refractivity contribution in [2.75, 3.05) is 5.32 Å². The van der Waals surface area contributed by atoms with E-state index in [4.69, 9.17) is 0 Å². The summed E-state index contributed by atoms with van der Waals surface area (Å²) in [6, 6.07) is 33.7. The van der Waals surface area contributed by atoms with Crippen LogP contribution in [0.5, 0.6) is 0 Å². The lowest BCUT2D eigenvalue weighted by Gasteiger charge is -2.39. The Morgan fingerprint density at radius 3 is 2.15 bits per heavy atom. The Morgan fingerprint density at radius 2 is 1.41 bits per heavy atom. The molecule has 7 rings (SSSR count). The van der Waals surface area contributed by atoms with Gasteiger partial charge in [-0.25, -0.2) is 4.79 Å². The van der Waals surface area contributed by atoms with E-state index in [9.17, 15) is 9.90 Å². The van der Waals surface area contributed by atoms with Gasteiger partial charge in [-0.1, -0.05) is 84.9 Å². The zero-order valence-corrected chi connectivity index (χ0v) is 18.5. The first kappa shape index (κ1) is 19.4. The van der Waals surface area contributed by atoms with E-state index >= 15 is 0 Å². The Balaban J connectivity index is 1.55. The predicted molar refractivity (Wildman–Crippen MR) is 137 cm³/mol. The first-order valence-electron chi connectivity index (χ1n) is 11.8. The molecule has 0 saturated heterocycles. The molecule has 0 amide bonds. The summed E-state index contributed by atoms with van der Waals surface area (Å²) in [6.45, 7) is 0. The summed E-state index contributed by atoms with van der Waals surface area (Å²) in [5.74, 6) is -0.437. The Hall–Kier alpha value is -4.11. The largest absolute Gasteiger partial charge is 0.478 e. The van der Waals surface area contributed by atoms with Crippen LogP contribution in [0, 0.1) is 5.92 Å². The summed E-state index contributed by atoms with van der Waals surface area (Å²) in [4.78, 5) is 12.2. The number of carboxylic acids is 1. The normalized spacial score (nSPS) is 20.4. The van der Waals surface area contributed by atoms with Crippen LogP contribution in [-0.2, 0) is 6.42 Å². The van der Waals surface area contributed by atoms with Crippen molar-refractivity contribution in [3.63, 3.8) is 0 Å². The molecule has 0 fully saturated rings. The minimum absolute atomic E-state index is 0.0126. The van der Waals surface area contributed by atoms with E-state index in [0.29, 0.717) is 11.5 Å². The van der Waals surface area contributed by atoms with E-state index in [0.717, 1.165) is 17.7 Å². The molecule has 3 atom stereocenters. The number of para-hydroxylation sites is 1. The minimum atomic E-state index is -0.893. The van der Waals surface area contributed by atoms with E-state index in [1.165, 1.54) is 38.2 Å². The summed E-state index contributed by atoms with van der Waals surface area (Å²) in [5, 5.41) is 18.7. The van der Waals surface area contributed by atoms with Crippen LogP contribution < -0.4 is 5.32 Å². The molecule has 0 saturated carbocycles. The molecule has 2 aliphatic rings. The number of nitrogens with one attached hydrogen (secondary N) is 1. The first-order valence-corrected chi connectivity index (χ1v) is 11.8. The van der Waals surface area contributed by atoms with Gasteiger partial charge in [0, 0.05) is 5.92 Å². The Labute approximate surface area is 197 Å². The number of anilines is 1. The molecule has 1 heterocycles. The second-order valence-corrected chi connectivity index (χ2v) is 9.47. The zero-order chi connectivity index (χ0) is 22.8. The van der Waals surface area contributed by atoms with Gasteiger partial charge in [0.1, 0.15) is 0 Å². The SMILES string of the molecule is O=C(O)c1cccc2c1N[C@H](c1c3ccccc3cc3ccccc13)[C@@H]1Cc3ccccc3[C@H]21.